The van der Waals surface area contributed by atoms with Crippen LogP contribution in [0.15, 0.2) is 23.3 Å². The molecule has 1 amide bonds. The van der Waals surface area contributed by atoms with E-state index in [0.29, 0.717) is 44.7 Å². The van der Waals surface area contributed by atoms with E-state index in [-0.39, 0.29) is 36.1 Å². The van der Waals surface area contributed by atoms with Crippen molar-refractivity contribution in [3.63, 3.8) is 0 Å². The number of aliphatic imine (C=N–C) groups is 1. The maximum Gasteiger partial charge on any atom is 0.409 e. The number of piperidine rings is 1. The van der Waals surface area contributed by atoms with Crippen molar-refractivity contribution in [2.75, 3.05) is 26.3 Å². The maximum atomic E-state index is 11.7. The predicted molar refractivity (Wildman–Crippen MR) is 120 cm³/mol. The number of likely N-dealkylation sites (tertiary alicyclic amines) is 1. The van der Waals surface area contributed by atoms with E-state index < -0.39 is 0 Å². The number of amides is 1. The van der Waals surface area contributed by atoms with Gasteiger partial charge in [-0.15, -0.1) is 24.0 Å². The second kappa shape index (κ2) is 13.4. The normalized spacial score (nSPS) is 14.9. The highest BCUT2D eigenvalue weighted by Crippen LogP contribution is 2.16. The van der Waals surface area contributed by atoms with Gasteiger partial charge in [0.2, 0.25) is 5.88 Å². The molecule has 28 heavy (non-hydrogen) atoms. The molecule has 8 nitrogen and oxygen atoms in total. The lowest BCUT2D eigenvalue weighted by atomic mass is 10.1. The molecule has 0 aliphatic carbocycles. The van der Waals surface area contributed by atoms with Crippen molar-refractivity contribution in [3.8, 4) is 5.88 Å². The molecule has 158 valence electrons. The number of carbonyl (C=O) groups excluding carboxylic acids is 1. The lowest BCUT2D eigenvalue weighted by Gasteiger charge is -2.31. The minimum Gasteiger partial charge on any atom is -0.477 e. The molecular weight excluding hydrogens is 473 g/mol. The number of nitrogens with zero attached hydrogens (tertiary/aromatic N) is 3. The number of rotatable bonds is 8. The Morgan fingerprint density at radius 1 is 1.39 bits per heavy atom. The molecule has 1 aromatic heterocycles. The number of halogens is 1. The van der Waals surface area contributed by atoms with Crippen molar-refractivity contribution < 1.29 is 14.3 Å². The van der Waals surface area contributed by atoms with E-state index in [1.165, 1.54) is 0 Å². The van der Waals surface area contributed by atoms with Crippen LogP contribution in [-0.2, 0) is 11.3 Å². The largest absolute Gasteiger partial charge is 0.477 e. The van der Waals surface area contributed by atoms with Crippen LogP contribution >= 0.6 is 24.0 Å². The molecule has 3 N–H and O–H groups in total. The fraction of sp³-hybridized carbons (Fsp3) is 0.632. The number of nitrogens with two attached hydrogens (primary N) is 1. The summed E-state index contributed by atoms with van der Waals surface area (Å²) in [4.78, 5) is 22.2. The summed E-state index contributed by atoms with van der Waals surface area (Å²) in [5.74, 6) is 1.01. The SMILES string of the molecule is CCCCOc1ncccc1CN=C(N)NC1CCN(C(=O)OCC)CC1.I. The zero-order valence-electron chi connectivity index (χ0n) is 16.7. The van der Waals surface area contributed by atoms with Gasteiger partial charge < -0.3 is 25.4 Å². The molecule has 0 unspecified atom stereocenters. The first-order valence-corrected chi connectivity index (χ1v) is 9.68. The lowest BCUT2D eigenvalue weighted by molar-refractivity contribution is 0.0963. The number of unbranched alkanes of at least 4 members (excludes halogenated alkanes) is 1. The van der Waals surface area contributed by atoms with Crippen molar-refractivity contribution in [1.29, 1.82) is 0 Å². The summed E-state index contributed by atoms with van der Waals surface area (Å²) in [6.07, 6.45) is 5.16. The summed E-state index contributed by atoms with van der Waals surface area (Å²) < 4.78 is 10.8. The number of hydrogen-bond acceptors (Lipinski definition) is 5. The maximum absolute atomic E-state index is 11.7. The first-order valence-electron chi connectivity index (χ1n) is 9.68. The van der Waals surface area contributed by atoms with Gasteiger partial charge in [0.1, 0.15) is 0 Å². The highest BCUT2D eigenvalue weighted by atomic mass is 127. The van der Waals surface area contributed by atoms with E-state index in [1.807, 2.05) is 19.1 Å². The van der Waals surface area contributed by atoms with Gasteiger partial charge in [-0.25, -0.2) is 14.8 Å². The van der Waals surface area contributed by atoms with Crippen molar-refractivity contribution >= 4 is 36.0 Å². The first-order chi connectivity index (χ1) is 13.1. The molecule has 9 heteroatoms. The van der Waals surface area contributed by atoms with Crippen molar-refractivity contribution in [2.24, 2.45) is 10.7 Å². The molecule has 0 spiro atoms. The summed E-state index contributed by atoms with van der Waals surface area (Å²) in [7, 11) is 0. The number of nitrogens with one attached hydrogen (secondary N) is 1. The Labute approximate surface area is 184 Å². The topological polar surface area (TPSA) is 102 Å². The van der Waals surface area contributed by atoms with Gasteiger partial charge >= 0.3 is 6.09 Å². The second-order valence-corrected chi connectivity index (χ2v) is 6.48. The van der Waals surface area contributed by atoms with Crippen molar-refractivity contribution in [2.45, 2.75) is 52.1 Å². The van der Waals surface area contributed by atoms with Crippen LogP contribution in [0.3, 0.4) is 0 Å². The molecule has 1 fully saturated rings. The summed E-state index contributed by atoms with van der Waals surface area (Å²) in [6.45, 7) is 6.70. The third kappa shape index (κ3) is 8.07. The minimum absolute atomic E-state index is 0. The van der Waals surface area contributed by atoms with Crippen LogP contribution in [0.25, 0.3) is 0 Å². The van der Waals surface area contributed by atoms with Gasteiger partial charge in [0.15, 0.2) is 5.96 Å². The summed E-state index contributed by atoms with van der Waals surface area (Å²) >= 11 is 0. The third-order valence-corrected chi connectivity index (χ3v) is 4.38. The summed E-state index contributed by atoms with van der Waals surface area (Å²) in [6, 6.07) is 4.02. The van der Waals surface area contributed by atoms with E-state index in [4.69, 9.17) is 15.2 Å². The Morgan fingerprint density at radius 3 is 2.82 bits per heavy atom. The quantitative estimate of drug-likeness (QED) is 0.244. The predicted octanol–water partition coefficient (Wildman–Crippen LogP) is 2.90. The Balaban J connectivity index is 0.00000392. The van der Waals surface area contributed by atoms with Crippen LogP contribution in [-0.4, -0.2) is 54.3 Å². The van der Waals surface area contributed by atoms with Crippen LogP contribution in [0.2, 0.25) is 0 Å². The molecule has 1 aliphatic heterocycles. The van der Waals surface area contributed by atoms with Gasteiger partial charge in [0.05, 0.1) is 19.8 Å². The van der Waals surface area contributed by atoms with Gasteiger partial charge in [-0.2, -0.15) is 0 Å². The highest BCUT2D eigenvalue weighted by Gasteiger charge is 2.23. The monoisotopic (exact) mass is 505 g/mol. The Hall–Kier alpha value is -1.78. The Morgan fingerprint density at radius 2 is 2.14 bits per heavy atom. The molecule has 1 aromatic rings. The Kier molecular flexibility index (Phi) is 11.6. The molecule has 0 saturated carbocycles. The number of carbonyl (C=O) groups is 1. The molecule has 0 atom stereocenters. The van der Waals surface area contributed by atoms with E-state index in [0.717, 1.165) is 31.2 Å². The molecule has 0 bridgehead atoms. The third-order valence-electron chi connectivity index (χ3n) is 4.38. The van der Waals surface area contributed by atoms with Crippen molar-refractivity contribution in [3.05, 3.63) is 23.9 Å². The highest BCUT2D eigenvalue weighted by molar-refractivity contribution is 14.0. The average Bonchev–Trinajstić information content (AvgIpc) is 2.68. The van der Waals surface area contributed by atoms with Gasteiger partial charge in [-0.3, -0.25) is 0 Å². The zero-order valence-corrected chi connectivity index (χ0v) is 19.1. The minimum atomic E-state index is -0.246. The number of pyridine rings is 1. The average molecular weight is 505 g/mol. The summed E-state index contributed by atoms with van der Waals surface area (Å²) in [5, 5.41) is 3.24. The molecule has 1 saturated heterocycles. The van der Waals surface area contributed by atoms with Crippen LogP contribution in [0.4, 0.5) is 4.79 Å². The van der Waals surface area contributed by atoms with Crippen LogP contribution in [0.1, 0.15) is 45.1 Å². The molecule has 0 radical (unpaired) electrons. The second-order valence-electron chi connectivity index (χ2n) is 6.48. The first kappa shape index (κ1) is 24.3. The number of hydrogen-bond donors (Lipinski definition) is 2. The van der Waals surface area contributed by atoms with E-state index in [9.17, 15) is 4.79 Å². The van der Waals surface area contributed by atoms with Gasteiger partial charge in [0.25, 0.3) is 0 Å². The molecule has 1 aliphatic rings. The van der Waals surface area contributed by atoms with Gasteiger partial charge in [0, 0.05) is 30.9 Å². The Bertz CT molecular complexity index is 621. The van der Waals surface area contributed by atoms with E-state index in [2.05, 4.69) is 22.2 Å². The van der Waals surface area contributed by atoms with E-state index in [1.54, 1.807) is 11.1 Å². The number of aromatic nitrogens is 1. The molecule has 2 heterocycles. The summed E-state index contributed by atoms with van der Waals surface area (Å²) in [5.41, 5.74) is 6.95. The molecular formula is C19H32IN5O3. The van der Waals surface area contributed by atoms with Crippen LogP contribution in [0.5, 0.6) is 5.88 Å². The van der Waals surface area contributed by atoms with Gasteiger partial charge in [-0.1, -0.05) is 19.4 Å². The number of guanidine groups is 1. The molecule has 0 aromatic carbocycles. The van der Waals surface area contributed by atoms with Crippen molar-refractivity contribution in [1.82, 2.24) is 15.2 Å². The number of ether oxygens (including phenoxy) is 2. The van der Waals surface area contributed by atoms with E-state index >= 15 is 0 Å². The molecule has 2 rings (SSSR count). The standard InChI is InChI=1S/C19H31N5O3.HI/c1-3-5-13-27-17-15(7-6-10-21-17)14-22-18(20)23-16-8-11-24(12-9-16)19(25)26-4-2;/h6-7,10,16H,3-5,8-9,11-14H2,1-2H3,(H3,20,22,23);1H. The lowest BCUT2D eigenvalue weighted by Crippen LogP contribution is -2.48. The van der Waals surface area contributed by atoms with Crippen LogP contribution < -0.4 is 15.8 Å². The smallest absolute Gasteiger partial charge is 0.409 e. The zero-order chi connectivity index (χ0) is 19.5. The van der Waals surface area contributed by atoms with Gasteiger partial charge in [-0.05, 0) is 32.3 Å². The fourth-order valence-electron chi connectivity index (χ4n) is 2.83. The fourth-order valence-corrected chi connectivity index (χ4v) is 2.83. The van der Waals surface area contributed by atoms with Crippen LogP contribution in [0, 0.1) is 0 Å².